The van der Waals surface area contributed by atoms with Gasteiger partial charge in [0.2, 0.25) is 6.79 Å². The maximum atomic E-state index is 13.2. The quantitative estimate of drug-likeness (QED) is 0.438. The fourth-order valence-electron chi connectivity index (χ4n) is 5.51. The van der Waals surface area contributed by atoms with Crippen LogP contribution in [-0.4, -0.2) is 48.5 Å². The van der Waals surface area contributed by atoms with Gasteiger partial charge in [0.15, 0.2) is 17.1 Å². The Kier molecular flexibility index (Phi) is 5.68. The SMILES string of the molecule is O=C(NCNC1[C@H]2CN(Cc3ccc4c(c3)OCO4)C[C@@H]12)C(O)(c1ccccc1)c1ccccc1. The number of nitrogens with one attached hydrogen (secondary N) is 2. The smallest absolute Gasteiger partial charge is 0.262 e. The minimum Gasteiger partial charge on any atom is -0.454 e. The fraction of sp³-hybridized carbons (Fsp3) is 0.321. The molecule has 1 unspecified atom stereocenters. The Morgan fingerprint density at radius 2 is 1.54 bits per heavy atom. The topological polar surface area (TPSA) is 83.1 Å². The molecule has 1 amide bonds. The molecule has 1 aliphatic carbocycles. The van der Waals surface area contributed by atoms with Crippen LogP contribution in [-0.2, 0) is 16.9 Å². The van der Waals surface area contributed by atoms with Gasteiger partial charge in [-0.2, -0.15) is 0 Å². The highest BCUT2D eigenvalue weighted by atomic mass is 16.7. The second-order valence-electron chi connectivity index (χ2n) is 9.56. The number of aliphatic hydroxyl groups is 1. The van der Waals surface area contributed by atoms with Gasteiger partial charge >= 0.3 is 0 Å². The number of hydrogen-bond acceptors (Lipinski definition) is 6. The molecule has 2 fully saturated rings. The van der Waals surface area contributed by atoms with Crippen molar-refractivity contribution in [2.45, 2.75) is 18.2 Å². The van der Waals surface area contributed by atoms with Gasteiger partial charge in [-0.05, 0) is 40.7 Å². The molecular weight excluding hydrogens is 442 g/mol. The van der Waals surface area contributed by atoms with Crippen molar-refractivity contribution in [1.29, 1.82) is 0 Å². The second-order valence-corrected chi connectivity index (χ2v) is 9.56. The molecule has 3 aromatic carbocycles. The molecule has 35 heavy (non-hydrogen) atoms. The number of carbonyl (C=O) groups excluding carboxylic acids is 1. The van der Waals surface area contributed by atoms with Crippen LogP contribution < -0.4 is 20.1 Å². The minimum absolute atomic E-state index is 0.296. The van der Waals surface area contributed by atoms with Gasteiger partial charge in [0.05, 0.1) is 6.67 Å². The Bertz CT molecular complexity index is 1150. The Labute approximate surface area is 204 Å². The monoisotopic (exact) mass is 471 g/mol. The standard InChI is InChI=1S/C28H29N3O4/c32-27(28(33,20-7-3-1-4-8-20)21-9-5-2-6-10-21)30-17-29-26-22-15-31(16-23(22)26)14-19-11-12-24-25(13-19)35-18-34-24/h1-13,22-23,26,29,33H,14-18H2,(H,30,32)/t22-,23+,26?. The van der Waals surface area contributed by atoms with E-state index in [2.05, 4.69) is 27.7 Å². The zero-order valence-corrected chi connectivity index (χ0v) is 19.4. The summed E-state index contributed by atoms with van der Waals surface area (Å²) < 4.78 is 10.9. The van der Waals surface area contributed by atoms with Crippen LogP contribution in [0.25, 0.3) is 0 Å². The molecule has 1 saturated carbocycles. The van der Waals surface area contributed by atoms with E-state index in [0.717, 1.165) is 31.1 Å². The summed E-state index contributed by atoms with van der Waals surface area (Å²) in [6, 6.07) is 24.7. The van der Waals surface area contributed by atoms with Gasteiger partial charge < -0.3 is 19.9 Å². The van der Waals surface area contributed by atoms with Gasteiger partial charge in [-0.3, -0.25) is 15.0 Å². The third-order valence-electron chi connectivity index (χ3n) is 7.41. The highest BCUT2D eigenvalue weighted by Crippen LogP contribution is 2.46. The number of piperidine rings is 1. The maximum Gasteiger partial charge on any atom is 0.262 e. The molecule has 7 heteroatoms. The van der Waals surface area contributed by atoms with E-state index in [0.29, 0.717) is 42.5 Å². The number of fused-ring (bicyclic) bond motifs is 2. The number of rotatable bonds is 8. The normalized spacial score (nSPS) is 22.6. The number of amides is 1. The van der Waals surface area contributed by atoms with Crippen molar-refractivity contribution in [2.24, 2.45) is 11.8 Å². The summed E-state index contributed by atoms with van der Waals surface area (Å²) in [5.74, 6) is 2.38. The van der Waals surface area contributed by atoms with E-state index in [1.807, 2.05) is 42.5 Å². The largest absolute Gasteiger partial charge is 0.454 e. The Balaban J connectivity index is 1.02. The van der Waals surface area contributed by atoms with Crippen LogP contribution in [0.5, 0.6) is 11.5 Å². The molecule has 7 nitrogen and oxygen atoms in total. The molecule has 2 aliphatic heterocycles. The average molecular weight is 472 g/mol. The van der Waals surface area contributed by atoms with Crippen LogP contribution in [0, 0.1) is 11.8 Å². The zero-order chi connectivity index (χ0) is 23.8. The van der Waals surface area contributed by atoms with Crippen LogP contribution in [0.4, 0.5) is 0 Å². The van der Waals surface area contributed by atoms with Crippen molar-refractivity contribution in [3.05, 3.63) is 95.6 Å². The van der Waals surface area contributed by atoms with Gasteiger partial charge in [-0.25, -0.2) is 0 Å². The molecule has 3 atom stereocenters. The van der Waals surface area contributed by atoms with Crippen LogP contribution in [0.3, 0.4) is 0 Å². The summed E-state index contributed by atoms with van der Waals surface area (Å²) in [6.45, 7) is 3.57. The van der Waals surface area contributed by atoms with E-state index < -0.39 is 11.5 Å². The van der Waals surface area contributed by atoms with E-state index in [9.17, 15) is 9.90 Å². The van der Waals surface area contributed by atoms with Crippen LogP contribution >= 0.6 is 0 Å². The number of ether oxygens (including phenoxy) is 2. The lowest BCUT2D eigenvalue weighted by molar-refractivity contribution is -0.136. The molecule has 180 valence electrons. The van der Waals surface area contributed by atoms with Crippen molar-refractivity contribution in [1.82, 2.24) is 15.5 Å². The van der Waals surface area contributed by atoms with Crippen LogP contribution in [0.15, 0.2) is 78.9 Å². The second kappa shape index (κ2) is 9.00. The predicted molar refractivity (Wildman–Crippen MR) is 131 cm³/mol. The summed E-state index contributed by atoms with van der Waals surface area (Å²) >= 11 is 0. The summed E-state index contributed by atoms with van der Waals surface area (Å²) in [6.07, 6.45) is 0. The summed E-state index contributed by atoms with van der Waals surface area (Å²) in [4.78, 5) is 15.7. The first kappa shape index (κ1) is 22.1. The van der Waals surface area contributed by atoms with E-state index in [4.69, 9.17) is 9.47 Å². The predicted octanol–water partition coefficient (Wildman–Crippen LogP) is 2.44. The van der Waals surface area contributed by atoms with Crippen molar-refractivity contribution >= 4 is 5.91 Å². The van der Waals surface area contributed by atoms with Crippen molar-refractivity contribution < 1.29 is 19.4 Å². The molecule has 6 rings (SSSR count). The van der Waals surface area contributed by atoms with Gasteiger partial charge in [0.25, 0.3) is 5.91 Å². The summed E-state index contributed by atoms with van der Waals surface area (Å²) in [5.41, 5.74) is 0.580. The van der Waals surface area contributed by atoms with E-state index in [-0.39, 0.29) is 0 Å². The lowest BCUT2D eigenvalue weighted by Gasteiger charge is -2.28. The molecule has 1 saturated heterocycles. The number of hydrogen-bond donors (Lipinski definition) is 3. The molecule has 2 heterocycles. The first-order valence-electron chi connectivity index (χ1n) is 12.1. The van der Waals surface area contributed by atoms with Gasteiger partial charge in [0, 0.05) is 25.7 Å². The average Bonchev–Trinajstić information content (AvgIpc) is 3.22. The number of nitrogens with zero attached hydrogens (tertiary/aromatic N) is 1. The lowest BCUT2D eigenvalue weighted by atomic mass is 9.85. The highest BCUT2D eigenvalue weighted by molar-refractivity contribution is 5.90. The fourth-order valence-corrected chi connectivity index (χ4v) is 5.51. The Hall–Kier alpha value is -3.39. The summed E-state index contributed by atoms with van der Waals surface area (Å²) in [7, 11) is 0. The lowest BCUT2D eigenvalue weighted by Crippen LogP contribution is -2.48. The van der Waals surface area contributed by atoms with Crippen LogP contribution in [0.1, 0.15) is 16.7 Å². The van der Waals surface area contributed by atoms with Crippen molar-refractivity contribution in [3.8, 4) is 11.5 Å². The molecule has 3 aromatic rings. The highest BCUT2D eigenvalue weighted by Gasteiger charge is 2.55. The first-order valence-corrected chi connectivity index (χ1v) is 12.1. The van der Waals surface area contributed by atoms with Gasteiger partial charge in [-0.15, -0.1) is 0 Å². The third kappa shape index (κ3) is 4.16. The molecule has 0 aromatic heterocycles. The molecular formula is C28H29N3O4. The molecule has 3 N–H and O–H groups in total. The zero-order valence-electron chi connectivity index (χ0n) is 19.4. The van der Waals surface area contributed by atoms with Gasteiger partial charge in [0.1, 0.15) is 0 Å². The number of benzene rings is 3. The number of likely N-dealkylation sites (tertiary alicyclic amines) is 1. The molecule has 0 radical (unpaired) electrons. The van der Waals surface area contributed by atoms with E-state index in [1.165, 1.54) is 5.56 Å². The van der Waals surface area contributed by atoms with E-state index >= 15 is 0 Å². The summed E-state index contributed by atoms with van der Waals surface area (Å²) in [5, 5.41) is 17.9. The van der Waals surface area contributed by atoms with Crippen molar-refractivity contribution in [2.75, 3.05) is 26.6 Å². The molecule has 3 aliphatic rings. The molecule has 0 bridgehead atoms. The van der Waals surface area contributed by atoms with E-state index in [1.54, 1.807) is 24.3 Å². The Morgan fingerprint density at radius 1 is 0.914 bits per heavy atom. The van der Waals surface area contributed by atoms with Gasteiger partial charge in [-0.1, -0.05) is 66.7 Å². The van der Waals surface area contributed by atoms with Crippen molar-refractivity contribution in [3.63, 3.8) is 0 Å². The Morgan fingerprint density at radius 3 is 2.20 bits per heavy atom. The van der Waals surface area contributed by atoms with Crippen LogP contribution in [0.2, 0.25) is 0 Å². The minimum atomic E-state index is -1.75. The third-order valence-corrected chi connectivity index (χ3v) is 7.41. The first-order chi connectivity index (χ1) is 17.1. The maximum absolute atomic E-state index is 13.2. The molecule has 0 spiro atoms. The number of carbonyl (C=O) groups is 1.